The molecular weight excluding hydrogens is 474 g/mol. The zero-order chi connectivity index (χ0) is 26.7. The van der Waals surface area contributed by atoms with Gasteiger partial charge in [0.2, 0.25) is 0 Å². The molecule has 0 saturated heterocycles. The van der Waals surface area contributed by atoms with Crippen LogP contribution in [0.1, 0.15) is 69.3 Å². The molecule has 3 N–H and O–H groups in total. The van der Waals surface area contributed by atoms with Crippen molar-refractivity contribution in [3.05, 3.63) is 89.0 Å². The Morgan fingerprint density at radius 2 is 1.61 bits per heavy atom. The van der Waals surface area contributed by atoms with Crippen molar-refractivity contribution in [1.29, 1.82) is 0 Å². The molecule has 0 radical (unpaired) electrons. The molecular formula is C25H26F2N4O5. The molecule has 0 fully saturated rings. The Kier molecular flexibility index (Phi) is 10.4. The predicted octanol–water partition coefficient (Wildman–Crippen LogP) is 4.22. The fraction of sp³-hybridized carbons (Fsp3) is 0.240. The smallest absolute Gasteiger partial charge is 0.387 e. The minimum atomic E-state index is -2.96. The first-order valence-electron chi connectivity index (χ1n) is 11.0. The van der Waals surface area contributed by atoms with E-state index in [0.29, 0.717) is 11.1 Å². The fourth-order valence-corrected chi connectivity index (χ4v) is 2.98. The lowest BCUT2D eigenvalue weighted by molar-refractivity contribution is -0.0499. The fourth-order valence-electron chi connectivity index (χ4n) is 2.98. The van der Waals surface area contributed by atoms with E-state index in [1.165, 1.54) is 36.4 Å². The maximum Gasteiger partial charge on any atom is 0.387 e. The molecule has 0 bridgehead atoms. The van der Waals surface area contributed by atoms with Crippen LogP contribution in [-0.4, -0.2) is 39.5 Å². The monoisotopic (exact) mass is 500 g/mol. The number of aromatic carboxylic acids is 1. The van der Waals surface area contributed by atoms with Crippen molar-refractivity contribution in [3.63, 3.8) is 0 Å². The van der Waals surface area contributed by atoms with Crippen LogP contribution in [0.2, 0.25) is 0 Å². The van der Waals surface area contributed by atoms with Crippen LogP contribution in [0, 0.1) is 0 Å². The minimum Gasteiger partial charge on any atom is -0.478 e. The Labute approximate surface area is 206 Å². The molecule has 0 aliphatic heterocycles. The standard InChI is InChI=1S/C23H20F2N4O5.C2H6/c1-13(15-5-7-16(8-6-15)22(32)33)29-21(31)19-10-18(27-12-28-19)20(30)26-11-14-3-2-4-17(9-14)34-23(24)25;1-2/h2-10,12-13,23H,11H2,1H3,(H,26,30)(H,29,31)(H,32,33);1-2H3. The Morgan fingerprint density at radius 1 is 0.972 bits per heavy atom. The van der Waals surface area contributed by atoms with Gasteiger partial charge in [-0.15, -0.1) is 0 Å². The molecule has 1 aromatic heterocycles. The molecule has 190 valence electrons. The van der Waals surface area contributed by atoms with E-state index < -0.39 is 30.4 Å². The Bertz CT molecular complexity index is 1190. The van der Waals surface area contributed by atoms with E-state index >= 15 is 0 Å². The van der Waals surface area contributed by atoms with Crippen LogP contribution in [0.4, 0.5) is 8.78 Å². The number of rotatable bonds is 9. The summed E-state index contributed by atoms with van der Waals surface area (Å²) in [6, 6.07) is 12.7. The van der Waals surface area contributed by atoms with Crippen LogP contribution in [-0.2, 0) is 6.54 Å². The third kappa shape index (κ3) is 8.12. The highest BCUT2D eigenvalue weighted by Gasteiger charge is 2.16. The highest BCUT2D eigenvalue weighted by Crippen LogP contribution is 2.16. The summed E-state index contributed by atoms with van der Waals surface area (Å²) in [5.74, 6) is -2.23. The average molecular weight is 501 g/mol. The predicted molar refractivity (Wildman–Crippen MR) is 127 cm³/mol. The number of hydrogen-bond acceptors (Lipinski definition) is 6. The van der Waals surface area contributed by atoms with Crippen molar-refractivity contribution < 1.29 is 33.0 Å². The Morgan fingerprint density at radius 3 is 2.22 bits per heavy atom. The van der Waals surface area contributed by atoms with Crippen LogP contribution in [0.3, 0.4) is 0 Å². The number of benzene rings is 2. The molecule has 2 aromatic carbocycles. The largest absolute Gasteiger partial charge is 0.478 e. The summed E-state index contributed by atoms with van der Waals surface area (Å²) in [4.78, 5) is 43.8. The van der Waals surface area contributed by atoms with Gasteiger partial charge in [-0.3, -0.25) is 9.59 Å². The number of nitrogens with one attached hydrogen (secondary N) is 2. The van der Waals surface area contributed by atoms with Crippen LogP contribution < -0.4 is 15.4 Å². The number of carbonyl (C=O) groups excluding carboxylic acids is 2. The van der Waals surface area contributed by atoms with Gasteiger partial charge in [-0.25, -0.2) is 14.8 Å². The highest BCUT2D eigenvalue weighted by atomic mass is 19.3. The van der Waals surface area contributed by atoms with Gasteiger partial charge in [-0.05, 0) is 42.3 Å². The van der Waals surface area contributed by atoms with Gasteiger partial charge in [-0.1, -0.05) is 38.1 Å². The molecule has 3 rings (SSSR count). The second-order valence-corrected chi connectivity index (χ2v) is 7.12. The van der Waals surface area contributed by atoms with Crippen LogP contribution in [0.15, 0.2) is 60.9 Å². The second kappa shape index (κ2) is 13.5. The number of hydrogen-bond donors (Lipinski definition) is 3. The number of nitrogens with zero attached hydrogens (tertiary/aromatic N) is 2. The lowest BCUT2D eigenvalue weighted by Gasteiger charge is -2.14. The summed E-state index contributed by atoms with van der Waals surface area (Å²) in [5.41, 5.74) is 1.24. The van der Waals surface area contributed by atoms with Gasteiger partial charge in [0.15, 0.2) is 0 Å². The second-order valence-electron chi connectivity index (χ2n) is 7.12. The van der Waals surface area contributed by atoms with Crippen LogP contribution >= 0.6 is 0 Å². The number of carboxylic acids is 1. The molecule has 0 spiro atoms. The van der Waals surface area contributed by atoms with Gasteiger partial charge in [-0.2, -0.15) is 8.78 Å². The molecule has 11 heteroatoms. The van der Waals surface area contributed by atoms with Crippen molar-refractivity contribution in [2.75, 3.05) is 0 Å². The van der Waals surface area contributed by atoms with Gasteiger partial charge in [0.05, 0.1) is 11.6 Å². The third-order valence-electron chi connectivity index (χ3n) is 4.71. The normalized spacial score (nSPS) is 11.1. The topological polar surface area (TPSA) is 131 Å². The van der Waals surface area contributed by atoms with E-state index in [2.05, 4.69) is 25.3 Å². The van der Waals surface area contributed by atoms with Crippen molar-refractivity contribution in [2.45, 2.75) is 40.0 Å². The molecule has 1 heterocycles. The van der Waals surface area contributed by atoms with Crippen molar-refractivity contribution in [3.8, 4) is 5.75 Å². The molecule has 1 atom stereocenters. The Hall–Kier alpha value is -4.41. The Balaban J connectivity index is 0.00000222. The first-order valence-corrected chi connectivity index (χ1v) is 11.0. The zero-order valence-electron chi connectivity index (χ0n) is 19.9. The van der Waals surface area contributed by atoms with Gasteiger partial charge < -0.3 is 20.5 Å². The SMILES string of the molecule is CC.CC(NC(=O)c1cc(C(=O)NCc2cccc(OC(F)F)c2)ncn1)c1ccc(C(=O)O)cc1. The molecule has 2 amide bonds. The number of alkyl halides is 2. The lowest BCUT2D eigenvalue weighted by Crippen LogP contribution is -2.29. The van der Waals surface area contributed by atoms with E-state index in [-0.39, 0.29) is 29.2 Å². The number of aromatic nitrogens is 2. The van der Waals surface area contributed by atoms with Gasteiger partial charge in [0.1, 0.15) is 23.5 Å². The summed E-state index contributed by atoms with van der Waals surface area (Å²) < 4.78 is 29.0. The van der Waals surface area contributed by atoms with Crippen LogP contribution in [0.5, 0.6) is 5.75 Å². The van der Waals surface area contributed by atoms with E-state index in [1.807, 2.05) is 13.8 Å². The van der Waals surface area contributed by atoms with Crippen molar-refractivity contribution >= 4 is 17.8 Å². The van der Waals surface area contributed by atoms with Crippen molar-refractivity contribution in [2.24, 2.45) is 0 Å². The van der Waals surface area contributed by atoms with Gasteiger partial charge in [0, 0.05) is 12.6 Å². The number of halogens is 2. The summed E-state index contributed by atoms with van der Waals surface area (Å²) in [5, 5.41) is 14.3. The van der Waals surface area contributed by atoms with Gasteiger partial charge in [0.25, 0.3) is 11.8 Å². The summed E-state index contributed by atoms with van der Waals surface area (Å²) >= 11 is 0. The van der Waals surface area contributed by atoms with E-state index in [0.717, 1.165) is 6.33 Å². The molecule has 0 aliphatic carbocycles. The van der Waals surface area contributed by atoms with E-state index in [9.17, 15) is 23.2 Å². The van der Waals surface area contributed by atoms with Crippen LogP contribution in [0.25, 0.3) is 0 Å². The minimum absolute atomic E-state index is 0.0220. The lowest BCUT2D eigenvalue weighted by atomic mass is 10.1. The zero-order valence-corrected chi connectivity index (χ0v) is 19.9. The first-order chi connectivity index (χ1) is 17.2. The average Bonchev–Trinajstić information content (AvgIpc) is 2.88. The van der Waals surface area contributed by atoms with E-state index in [1.54, 1.807) is 25.1 Å². The number of ether oxygens (including phenoxy) is 1. The number of carboxylic acid groups (broad SMARTS) is 1. The third-order valence-corrected chi connectivity index (χ3v) is 4.71. The summed E-state index contributed by atoms with van der Waals surface area (Å²) in [6.45, 7) is 2.78. The maximum absolute atomic E-state index is 12.6. The summed E-state index contributed by atoms with van der Waals surface area (Å²) in [6.07, 6.45) is 1.08. The first kappa shape index (κ1) is 27.8. The quantitative estimate of drug-likeness (QED) is 0.401. The summed E-state index contributed by atoms with van der Waals surface area (Å²) in [7, 11) is 0. The molecule has 0 saturated carbocycles. The molecule has 36 heavy (non-hydrogen) atoms. The van der Waals surface area contributed by atoms with E-state index in [4.69, 9.17) is 5.11 Å². The van der Waals surface area contributed by atoms with Gasteiger partial charge >= 0.3 is 12.6 Å². The maximum atomic E-state index is 12.6. The molecule has 1 unspecified atom stereocenters. The molecule has 9 nitrogen and oxygen atoms in total. The highest BCUT2D eigenvalue weighted by molar-refractivity contribution is 5.97. The number of amides is 2. The molecule has 3 aromatic rings. The molecule has 0 aliphatic rings. The van der Waals surface area contributed by atoms with Crippen molar-refractivity contribution in [1.82, 2.24) is 20.6 Å². The number of carbonyl (C=O) groups is 3.